The number of nitrogen functional groups attached to an aromatic ring is 1. The summed E-state index contributed by atoms with van der Waals surface area (Å²) in [6.45, 7) is 5.81. The highest BCUT2D eigenvalue weighted by molar-refractivity contribution is 7.85. The minimum Gasteiger partial charge on any atom is -0.399 e. The number of anilines is 1. The molecule has 0 aliphatic rings. The Hall–Kier alpha value is -1.24. The fourth-order valence-corrected chi connectivity index (χ4v) is 4.57. The first-order valence-corrected chi connectivity index (χ1v) is 8.79. The molecular weight excluding hydrogens is 304 g/mol. The topological polar surface area (TPSA) is 76.2 Å². The van der Waals surface area contributed by atoms with Gasteiger partial charge in [0.15, 0.2) is 0 Å². The summed E-state index contributed by atoms with van der Waals surface area (Å²) in [6.07, 6.45) is 1.65. The van der Waals surface area contributed by atoms with Gasteiger partial charge in [0.05, 0.1) is 26.9 Å². The first-order chi connectivity index (χ1) is 9.74. The van der Waals surface area contributed by atoms with Crippen LogP contribution in [0.15, 0.2) is 40.9 Å². The molecule has 0 spiro atoms. The fraction of sp³-hybridized carbons (Fsp3) is 0.400. The molecule has 0 aliphatic carbocycles. The van der Waals surface area contributed by atoms with Crippen LogP contribution in [0, 0.1) is 5.41 Å². The lowest BCUT2D eigenvalue weighted by Gasteiger charge is -2.39. The monoisotopic (exact) mass is 324 g/mol. The highest BCUT2D eigenvalue weighted by Gasteiger charge is 2.44. The molecule has 0 fully saturated rings. The van der Waals surface area contributed by atoms with Gasteiger partial charge in [-0.15, -0.1) is 11.3 Å². The highest BCUT2D eigenvalue weighted by atomic mass is 32.2. The Labute approximate surface area is 131 Å². The van der Waals surface area contributed by atoms with Crippen LogP contribution >= 0.6 is 11.3 Å². The summed E-state index contributed by atoms with van der Waals surface area (Å²) in [5, 5.41) is 11.1. The maximum atomic E-state index is 12.6. The summed E-state index contributed by atoms with van der Waals surface area (Å²) in [7, 11) is -1.32. The quantitative estimate of drug-likeness (QED) is 0.848. The fourth-order valence-electron chi connectivity index (χ4n) is 1.97. The van der Waals surface area contributed by atoms with Crippen molar-refractivity contribution in [2.75, 3.05) is 11.5 Å². The van der Waals surface area contributed by atoms with E-state index in [0.29, 0.717) is 10.6 Å². The molecule has 0 saturated heterocycles. The van der Waals surface area contributed by atoms with Gasteiger partial charge >= 0.3 is 0 Å². The smallest absolute Gasteiger partial charge is 0.117 e. The molecule has 0 aliphatic heterocycles. The zero-order chi connectivity index (χ0) is 15.7. The predicted molar refractivity (Wildman–Crippen MR) is 87.6 cm³/mol. The number of thiazole rings is 1. The van der Waals surface area contributed by atoms with Crippen molar-refractivity contribution in [3.63, 3.8) is 0 Å². The molecular formula is C15H20N2O2S2. The van der Waals surface area contributed by atoms with Crippen LogP contribution in [0.2, 0.25) is 0 Å². The van der Waals surface area contributed by atoms with Gasteiger partial charge in [0.1, 0.15) is 5.60 Å². The first-order valence-electron chi connectivity index (χ1n) is 6.59. The first kappa shape index (κ1) is 16.1. The van der Waals surface area contributed by atoms with Crippen molar-refractivity contribution in [3.05, 3.63) is 40.8 Å². The molecule has 114 valence electrons. The Kier molecular flexibility index (Phi) is 4.51. The number of nitrogens with two attached hydrogens (primary N) is 1. The highest BCUT2D eigenvalue weighted by Crippen LogP contribution is 2.42. The Morgan fingerprint density at radius 1 is 1.29 bits per heavy atom. The third-order valence-corrected chi connectivity index (χ3v) is 5.97. The number of aromatic nitrogens is 1. The van der Waals surface area contributed by atoms with E-state index in [4.69, 9.17) is 5.73 Å². The maximum absolute atomic E-state index is 12.6. The SMILES string of the molecule is CC(C)(C)C(O)(CS(=O)c1ccc(N)cc1)c1cncs1. The number of rotatable bonds is 4. The van der Waals surface area contributed by atoms with Crippen molar-refractivity contribution in [2.45, 2.75) is 31.3 Å². The third-order valence-electron chi connectivity index (χ3n) is 3.56. The van der Waals surface area contributed by atoms with Crippen LogP contribution < -0.4 is 5.73 Å². The summed E-state index contributed by atoms with van der Waals surface area (Å²) in [5.74, 6) is 0.128. The van der Waals surface area contributed by atoms with Gasteiger partial charge in [-0.25, -0.2) is 0 Å². The molecule has 2 rings (SSSR count). The summed E-state index contributed by atoms with van der Waals surface area (Å²) >= 11 is 1.38. The molecule has 0 bridgehead atoms. The minimum atomic E-state index is -1.32. The molecule has 21 heavy (non-hydrogen) atoms. The number of aliphatic hydroxyl groups is 1. The van der Waals surface area contributed by atoms with Crippen molar-refractivity contribution in [3.8, 4) is 0 Å². The zero-order valence-electron chi connectivity index (χ0n) is 12.4. The average molecular weight is 324 g/mol. The largest absolute Gasteiger partial charge is 0.399 e. The Morgan fingerprint density at radius 2 is 1.90 bits per heavy atom. The van der Waals surface area contributed by atoms with E-state index in [1.165, 1.54) is 11.3 Å². The molecule has 0 radical (unpaired) electrons. The molecule has 2 atom stereocenters. The Morgan fingerprint density at radius 3 is 2.38 bits per heavy atom. The van der Waals surface area contributed by atoms with E-state index >= 15 is 0 Å². The summed E-state index contributed by atoms with van der Waals surface area (Å²) < 4.78 is 12.6. The molecule has 2 aromatic rings. The summed E-state index contributed by atoms with van der Waals surface area (Å²) in [5.41, 5.74) is 6.30. The van der Waals surface area contributed by atoms with Gasteiger partial charge in [0, 0.05) is 16.8 Å². The molecule has 4 nitrogen and oxygen atoms in total. The lowest BCUT2D eigenvalue weighted by molar-refractivity contribution is -0.0399. The van der Waals surface area contributed by atoms with Gasteiger partial charge in [-0.2, -0.15) is 0 Å². The van der Waals surface area contributed by atoms with Gasteiger partial charge in [-0.3, -0.25) is 9.19 Å². The lowest BCUT2D eigenvalue weighted by Crippen LogP contribution is -2.44. The van der Waals surface area contributed by atoms with Gasteiger partial charge < -0.3 is 10.8 Å². The second-order valence-electron chi connectivity index (χ2n) is 6.03. The van der Waals surface area contributed by atoms with Crippen molar-refractivity contribution in [1.82, 2.24) is 4.98 Å². The standard InChI is InChI=1S/C15H20N2O2S2/c1-14(2,3)15(18,13-8-17-10-20-13)9-21(19)12-6-4-11(16)5-7-12/h4-8,10,18H,9,16H2,1-3H3. The van der Waals surface area contributed by atoms with Crippen molar-refractivity contribution >= 4 is 27.8 Å². The molecule has 2 unspecified atom stereocenters. The molecule has 0 amide bonds. The van der Waals surface area contributed by atoms with E-state index in [1.807, 2.05) is 20.8 Å². The molecule has 1 aromatic carbocycles. The maximum Gasteiger partial charge on any atom is 0.117 e. The summed E-state index contributed by atoms with van der Waals surface area (Å²) in [6, 6.07) is 6.91. The van der Waals surface area contributed by atoms with Crippen LogP contribution in [0.25, 0.3) is 0 Å². The van der Waals surface area contributed by atoms with Gasteiger partial charge in [0.25, 0.3) is 0 Å². The number of hydrogen-bond donors (Lipinski definition) is 2. The molecule has 6 heteroatoms. The van der Waals surface area contributed by atoms with Crippen LogP contribution in [0.1, 0.15) is 25.6 Å². The van der Waals surface area contributed by atoms with Gasteiger partial charge in [-0.1, -0.05) is 20.8 Å². The van der Waals surface area contributed by atoms with E-state index < -0.39 is 21.8 Å². The Bertz CT molecular complexity index is 618. The van der Waals surface area contributed by atoms with Crippen molar-refractivity contribution in [1.29, 1.82) is 0 Å². The number of hydrogen-bond acceptors (Lipinski definition) is 5. The molecule has 1 heterocycles. The van der Waals surface area contributed by atoms with Crippen LogP contribution in [0.4, 0.5) is 5.69 Å². The van der Waals surface area contributed by atoms with Crippen LogP contribution in [-0.2, 0) is 16.4 Å². The Balaban J connectivity index is 2.32. The third kappa shape index (κ3) is 3.33. The van der Waals surface area contributed by atoms with E-state index in [-0.39, 0.29) is 5.75 Å². The lowest BCUT2D eigenvalue weighted by atomic mass is 9.77. The van der Waals surface area contributed by atoms with Crippen LogP contribution in [0.3, 0.4) is 0 Å². The number of nitrogens with zero attached hydrogens (tertiary/aromatic N) is 1. The number of benzene rings is 1. The average Bonchev–Trinajstić information content (AvgIpc) is 2.92. The second-order valence-corrected chi connectivity index (χ2v) is 8.37. The van der Waals surface area contributed by atoms with E-state index in [9.17, 15) is 9.32 Å². The van der Waals surface area contributed by atoms with E-state index in [2.05, 4.69) is 4.98 Å². The zero-order valence-corrected chi connectivity index (χ0v) is 14.0. The predicted octanol–water partition coefficient (Wildman–Crippen LogP) is 2.77. The van der Waals surface area contributed by atoms with E-state index in [0.717, 1.165) is 4.88 Å². The van der Waals surface area contributed by atoms with Crippen molar-refractivity contribution < 1.29 is 9.32 Å². The molecule has 1 aromatic heterocycles. The summed E-state index contributed by atoms with van der Waals surface area (Å²) in [4.78, 5) is 5.43. The van der Waals surface area contributed by atoms with Crippen molar-refractivity contribution in [2.24, 2.45) is 5.41 Å². The molecule has 0 saturated carbocycles. The normalized spacial score (nSPS) is 16.4. The van der Waals surface area contributed by atoms with Crippen LogP contribution in [-0.4, -0.2) is 20.1 Å². The van der Waals surface area contributed by atoms with E-state index in [1.54, 1.807) is 36.0 Å². The minimum absolute atomic E-state index is 0.128. The van der Waals surface area contributed by atoms with Gasteiger partial charge in [-0.05, 0) is 29.7 Å². The van der Waals surface area contributed by atoms with Crippen LogP contribution in [0.5, 0.6) is 0 Å². The second kappa shape index (κ2) is 5.87. The van der Waals surface area contributed by atoms with Gasteiger partial charge in [0.2, 0.25) is 0 Å². The molecule has 3 N–H and O–H groups in total.